The van der Waals surface area contributed by atoms with Crippen molar-refractivity contribution in [1.29, 1.82) is 0 Å². The van der Waals surface area contributed by atoms with Crippen molar-refractivity contribution in [1.82, 2.24) is 9.88 Å². The number of benzene rings is 1. The lowest BCUT2D eigenvalue weighted by Crippen LogP contribution is -2.25. The highest BCUT2D eigenvalue weighted by Gasteiger charge is 2.33. The van der Waals surface area contributed by atoms with Gasteiger partial charge in [0.1, 0.15) is 18.5 Å². The minimum Gasteiger partial charge on any atom is -0.487 e. The summed E-state index contributed by atoms with van der Waals surface area (Å²) in [7, 11) is 0. The molecule has 0 saturated carbocycles. The number of hydrogen-bond donors (Lipinski definition) is 0. The Morgan fingerprint density at radius 3 is 2.83 bits per heavy atom. The van der Waals surface area contributed by atoms with Crippen molar-refractivity contribution in [3.05, 3.63) is 83.5 Å². The second-order valence-electron chi connectivity index (χ2n) is 7.09. The largest absolute Gasteiger partial charge is 0.487 e. The van der Waals surface area contributed by atoms with Gasteiger partial charge in [-0.1, -0.05) is 36.3 Å². The van der Waals surface area contributed by atoms with Crippen LogP contribution in [-0.4, -0.2) is 28.6 Å². The molecule has 1 saturated heterocycles. The van der Waals surface area contributed by atoms with Gasteiger partial charge >= 0.3 is 6.09 Å². The predicted molar refractivity (Wildman–Crippen MR) is 110 cm³/mol. The van der Waals surface area contributed by atoms with Gasteiger partial charge in [0.15, 0.2) is 5.83 Å². The molecule has 30 heavy (non-hydrogen) atoms. The number of amides is 1. The zero-order valence-electron chi connectivity index (χ0n) is 16.4. The molecule has 2 aromatic rings. The van der Waals surface area contributed by atoms with Gasteiger partial charge in [0.25, 0.3) is 0 Å². The van der Waals surface area contributed by atoms with Gasteiger partial charge in [-0.25, -0.2) is 4.79 Å². The molecule has 0 radical (unpaired) electrons. The maximum Gasteiger partial charge on any atom is 0.410 e. The molecule has 1 unspecified atom stereocenters. The fraction of sp³-hybridized carbons (Fsp3) is 0.250. The van der Waals surface area contributed by atoms with Crippen molar-refractivity contribution in [3.63, 3.8) is 0 Å². The zero-order valence-corrected chi connectivity index (χ0v) is 16.4. The molecule has 4 rings (SSSR count). The third kappa shape index (κ3) is 5.06. The number of ether oxygens (including phenoxy) is 2. The van der Waals surface area contributed by atoms with Gasteiger partial charge < -0.3 is 9.47 Å². The van der Waals surface area contributed by atoms with Crippen LogP contribution in [0.15, 0.2) is 72.3 Å². The van der Waals surface area contributed by atoms with E-state index in [0.717, 1.165) is 22.4 Å². The lowest BCUT2D eigenvalue weighted by atomic mass is 10.0. The molecule has 6 heteroatoms. The summed E-state index contributed by atoms with van der Waals surface area (Å²) in [5.74, 6) is 5.56. The maximum absolute atomic E-state index is 13.2. The molecular formula is C24H21FN2O3. The van der Waals surface area contributed by atoms with Crippen molar-refractivity contribution in [2.24, 2.45) is 0 Å². The van der Waals surface area contributed by atoms with E-state index in [1.165, 1.54) is 6.08 Å². The van der Waals surface area contributed by atoms with Crippen LogP contribution in [0, 0.1) is 11.8 Å². The predicted octanol–water partition coefficient (Wildman–Crippen LogP) is 4.56. The molecule has 5 nitrogen and oxygen atoms in total. The monoisotopic (exact) mass is 404 g/mol. The number of rotatable bonds is 6. The summed E-state index contributed by atoms with van der Waals surface area (Å²) in [6.45, 7) is 1.38. The van der Waals surface area contributed by atoms with Gasteiger partial charge in [-0.2, -0.15) is 4.39 Å². The molecule has 2 heterocycles. The Hall–Kier alpha value is -3.59. The van der Waals surface area contributed by atoms with E-state index < -0.39 is 5.83 Å². The standard InChI is InChI=1S/C24H21FN2O3/c25-21-6-1-4-20(5-2-7-21)23-16-27(24(28)30-23)15-18-9-11-19(12-10-18)17-29-22-8-3-13-26-14-22/h3-4,6,8-14,23H,1,5,15-17H2/b20-4+,21-6+. The van der Waals surface area contributed by atoms with Gasteiger partial charge in [0, 0.05) is 19.2 Å². The fourth-order valence-electron chi connectivity index (χ4n) is 3.30. The molecule has 152 valence electrons. The van der Waals surface area contributed by atoms with Crippen LogP contribution in [0.1, 0.15) is 24.0 Å². The Morgan fingerprint density at radius 1 is 1.20 bits per heavy atom. The van der Waals surface area contributed by atoms with Gasteiger partial charge in [0.05, 0.1) is 12.7 Å². The fourth-order valence-corrected chi connectivity index (χ4v) is 3.30. The normalized spacial score (nSPS) is 21.8. The van der Waals surface area contributed by atoms with Crippen LogP contribution in [0.2, 0.25) is 0 Å². The minimum atomic E-state index is -0.412. The molecule has 0 N–H and O–H groups in total. The Bertz CT molecular complexity index is 1020. The average Bonchev–Trinajstić information content (AvgIpc) is 3.11. The van der Waals surface area contributed by atoms with E-state index in [1.54, 1.807) is 17.3 Å². The quantitative estimate of drug-likeness (QED) is 0.523. The highest BCUT2D eigenvalue weighted by atomic mass is 19.1. The third-order valence-electron chi connectivity index (χ3n) is 4.91. The van der Waals surface area contributed by atoms with E-state index in [-0.39, 0.29) is 12.2 Å². The van der Waals surface area contributed by atoms with Crippen LogP contribution >= 0.6 is 0 Å². The number of aromatic nitrogens is 1. The van der Waals surface area contributed by atoms with E-state index in [4.69, 9.17) is 9.47 Å². The molecule has 0 bridgehead atoms. The minimum absolute atomic E-state index is 0.339. The molecule has 1 aliphatic heterocycles. The molecule has 1 aliphatic carbocycles. The number of halogens is 1. The van der Waals surface area contributed by atoms with Crippen LogP contribution in [-0.2, 0) is 17.9 Å². The van der Waals surface area contributed by atoms with Crippen LogP contribution in [0.5, 0.6) is 5.75 Å². The van der Waals surface area contributed by atoms with Gasteiger partial charge in [-0.3, -0.25) is 9.88 Å². The van der Waals surface area contributed by atoms with Crippen molar-refractivity contribution >= 4 is 6.09 Å². The third-order valence-corrected chi connectivity index (χ3v) is 4.91. The van der Waals surface area contributed by atoms with Crippen LogP contribution in [0.3, 0.4) is 0 Å². The Kier molecular flexibility index (Phi) is 6.09. The van der Waals surface area contributed by atoms with E-state index in [9.17, 15) is 9.18 Å². The first kappa shape index (κ1) is 19.7. The van der Waals surface area contributed by atoms with Crippen molar-refractivity contribution in [2.75, 3.05) is 6.54 Å². The molecule has 1 amide bonds. The molecule has 1 atom stereocenters. The Morgan fingerprint density at radius 2 is 2.03 bits per heavy atom. The summed E-state index contributed by atoms with van der Waals surface area (Å²) in [5, 5.41) is 0. The molecule has 1 aromatic carbocycles. The topological polar surface area (TPSA) is 51.7 Å². The molecule has 1 aromatic heterocycles. The summed E-state index contributed by atoms with van der Waals surface area (Å²) in [6.07, 6.45) is 6.87. The molecule has 0 spiro atoms. The van der Waals surface area contributed by atoms with Crippen molar-refractivity contribution in [3.8, 4) is 17.6 Å². The first-order chi connectivity index (χ1) is 14.7. The van der Waals surface area contributed by atoms with Crippen LogP contribution in [0.25, 0.3) is 0 Å². The average molecular weight is 404 g/mol. The van der Waals surface area contributed by atoms with Crippen LogP contribution in [0.4, 0.5) is 9.18 Å². The summed E-state index contributed by atoms with van der Waals surface area (Å²) in [4.78, 5) is 18.0. The van der Waals surface area contributed by atoms with Crippen LogP contribution < -0.4 is 4.74 Å². The molecule has 2 aliphatic rings. The Labute approximate surface area is 174 Å². The number of carbonyl (C=O) groups excluding carboxylic acids is 1. The van der Waals surface area contributed by atoms with Gasteiger partial charge in [0.2, 0.25) is 0 Å². The number of allylic oxidation sites excluding steroid dienone is 3. The van der Waals surface area contributed by atoms with Crippen molar-refractivity contribution < 1.29 is 18.7 Å². The van der Waals surface area contributed by atoms with E-state index in [1.807, 2.05) is 42.5 Å². The zero-order chi connectivity index (χ0) is 20.8. The smallest absolute Gasteiger partial charge is 0.410 e. The number of cyclic esters (lactones) is 1. The van der Waals surface area contributed by atoms with E-state index in [0.29, 0.717) is 32.5 Å². The number of pyridine rings is 1. The van der Waals surface area contributed by atoms with Gasteiger partial charge in [-0.15, -0.1) is 0 Å². The highest BCUT2D eigenvalue weighted by molar-refractivity contribution is 5.70. The summed E-state index contributed by atoms with van der Waals surface area (Å²) in [5.41, 5.74) is 2.96. The van der Waals surface area contributed by atoms with E-state index >= 15 is 0 Å². The number of hydrogen-bond acceptors (Lipinski definition) is 4. The first-order valence-electron chi connectivity index (χ1n) is 9.77. The number of carbonyl (C=O) groups is 1. The highest BCUT2D eigenvalue weighted by Crippen LogP contribution is 2.24. The Balaban J connectivity index is 1.32. The molecular weight excluding hydrogens is 383 g/mol. The van der Waals surface area contributed by atoms with E-state index in [2.05, 4.69) is 16.8 Å². The lowest BCUT2D eigenvalue weighted by molar-refractivity contribution is 0.141. The maximum atomic E-state index is 13.2. The van der Waals surface area contributed by atoms with Crippen molar-refractivity contribution in [2.45, 2.75) is 32.1 Å². The van der Waals surface area contributed by atoms with Gasteiger partial charge in [-0.05, 0) is 47.3 Å². The number of nitrogens with zero attached hydrogens (tertiary/aromatic N) is 2. The molecule has 1 fully saturated rings. The summed E-state index contributed by atoms with van der Waals surface area (Å²) >= 11 is 0. The lowest BCUT2D eigenvalue weighted by Gasteiger charge is -2.14. The summed E-state index contributed by atoms with van der Waals surface area (Å²) < 4.78 is 24.4. The second kappa shape index (κ2) is 9.27. The summed E-state index contributed by atoms with van der Waals surface area (Å²) in [6, 6.07) is 11.6. The first-order valence-corrected chi connectivity index (χ1v) is 9.77. The second-order valence-corrected chi connectivity index (χ2v) is 7.09. The SMILES string of the molecule is O=C1OC(/C2=C/C/C=C(/F)C#CC2)CN1Cc1ccc(COc2cccnc2)cc1.